The summed E-state index contributed by atoms with van der Waals surface area (Å²) in [5.41, 5.74) is 2.98. The summed E-state index contributed by atoms with van der Waals surface area (Å²) in [6.45, 7) is 3.90. The zero-order valence-electron chi connectivity index (χ0n) is 13.5. The molecule has 0 aliphatic heterocycles. The highest BCUT2D eigenvalue weighted by Gasteiger charge is 2.18. The normalized spacial score (nSPS) is 10.6. The second-order valence-corrected chi connectivity index (χ2v) is 5.81. The Balaban J connectivity index is 1.93. The molecule has 1 N–H and O–H groups in total. The lowest BCUT2D eigenvalue weighted by molar-refractivity contribution is 0.102. The van der Waals surface area contributed by atoms with E-state index in [-0.39, 0.29) is 5.91 Å². The summed E-state index contributed by atoms with van der Waals surface area (Å²) < 4.78 is 1.69. The molecule has 0 saturated carbocycles. The van der Waals surface area contributed by atoms with Crippen LogP contribution < -0.4 is 5.32 Å². The van der Waals surface area contributed by atoms with Crippen LogP contribution in [0.25, 0.3) is 5.82 Å². The summed E-state index contributed by atoms with van der Waals surface area (Å²) in [7, 11) is 0. The Bertz CT molecular complexity index is 874. The van der Waals surface area contributed by atoms with Crippen LogP contribution in [0.3, 0.4) is 0 Å². The lowest BCUT2D eigenvalue weighted by atomic mass is 10.1. The standard InChI is InChI=1S/C18H17ClN4O/c1-3-16-14(11-21-23(16)17-6-4-5-9-20-17)18(24)22-15-10-13(19)8-7-12(15)2/h4-11H,3H2,1-2H3,(H,22,24). The van der Waals surface area contributed by atoms with E-state index >= 15 is 0 Å². The molecule has 1 aromatic carbocycles. The molecule has 0 spiro atoms. The van der Waals surface area contributed by atoms with E-state index in [9.17, 15) is 4.79 Å². The van der Waals surface area contributed by atoms with Crippen molar-refractivity contribution >= 4 is 23.2 Å². The fourth-order valence-electron chi connectivity index (χ4n) is 2.50. The fraction of sp³-hybridized carbons (Fsp3) is 0.167. The molecular formula is C18H17ClN4O. The Kier molecular flexibility index (Phi) is 4.62. The Morgan fingerprint density at radius 3 is 2.83 bits per heavy atom. The first-order chi connectivity index (χ1) is 11.6. The van der Waals surface area contributed by atoms with Gasteiger partial charge in [0.2, 0.25) is 0 Å². The van der Waals surface area contributed by atoms with Gasteiger partial charge in [0, 0.05) is 16.9 Å². The van der Waals surface area contributed by atoms with E-state index in [1.165, 1.54) is 0 Å². The van der Waals surface area contributed by atoms with Crippen LogP contribution in [-0.2, 0) is 6.42 Å². The molecule has 0 saturated heterocycles. The van der Waals surface area contributed by atoms with Crippen molar-refractivity contribution in [2.24, 2.45) is 0 Å². The number of rotatable bonds is 4. The van der Waals surface area contributed by atoms with Crippen LogP contribution in [0.2, 0.25) is 5.02 Å². The lowest BCUT2D eigenvalue weighted by Crippen LogP contribution is -2.15. The van der Waals surface area contributed by atoms with Gasteiger partial charge < -0.3 is 5.32 Å². The van der Waals surface area contributed by atoms with E-state index in [2.05, 4.69) is 15.4 Å². The maximum Gasteiger partial charge on any atom is 0.259 e. The maximum atomic E-state index is 12.7. The highest BCUT2D eigenvalue weighted by molar-refractivity contribution is 6.31. The van der Waals surface area contributed by atoms with Gasteiger partial charge in [0.25, 0.3) is 5.91 Å². The number of halogens is 1. The van der Waals surface area contributed by atoms with Crippen LogP contribution in [0.5, 0.6) is 0 Å². The number of carbonyl (C=O) groups is 1. The van der Waals surface area contributed by atoms with Gasteiger partial charge in [0.05, 0.1) is 17.5 Å². The average molecular weight is 341 g/mol. The second kappa shape index (κ2) is 6.84. The van der Waals surface area contributed by atoms with Crippen molar-refractivity contribution < 1.29 is 4.79 Å². The molecule has 2 heterocycles. The molecule has 122 valence electrons. The Morgan fingerprint density at radius 2 is 2.12 bits per heavy atom. The second-order valence-electron chi connectivity index (χ2n) is 5.37. The summed E-state index contributed by atoms with van der Waals surface area (Å²) >= 11 is 6.01. The number of aryl methyl sites for hydroxylation is 1. The SMILES string of the molecule is CCc1c(C(=O)Nc2cc(Cl)ccc2C)cnn1-c1ccccn1. The van der Waals surface area contributed by atoms with Crippen LogP contribution in [0.1, 0.15) is 28.5 Å². The Morgan fingerprint density at radius 1 is 1.29 bits per heavy atom. The molecular weight excluding hydrogens is 324 g/mol. The van der Waals surface area contributed by atoms with Gasteiger partial charge in [-0.1, -0.05) is 30.7 Å². The first-order valence-corrected chi connectivity index (χ1v) is 8.03. The van der Waals surface area contributed by atoms with Crippen molar-refractivity contribution in [3.63, 3.8) is 0 Å². The number of hydrogen-bond donors (Lipinski definition) is 1. The summed E-state index contributed by atoms with van der Waals surface area (Å²) in [6, 6.07) is 11.0. The topological polar surface area (TPSA) is 59.8 Å². The molecule has 3 aromatic rings. The minimum Gasteiger partial charge on any atom is -0.322 e. The minimum atomic E-state index is -0.209. The number of amides is 1. The van der Waals surface area contributed by atoms with Crippen molar-refractivity contribution in [2.45, 2.75) is 20.3 Å². The third-order valence-electron chi connectivity index (χ3n) is 3.76. The quantitative estimate of drug-likeness (QED) is 0.779. The van der Waals surface area contributed by atoms with Gasteiger partial charge in [-0.25, -0.2) is 9.67 Å². The molecule has 2 aromatic heterocycles. The summed E-state index contributed by atoms with van der Waals surface area (Å²) in [5.74, 6) is 0.478. The van der Waals surface area contributed by atoms with Gasteiger partial charge in [0.15, 0.2) is 5.82 Å². The molecule has 24 heavy (non-hydrogen) atoms. The summed E-state index contributed by atoms with van der Waals surface area (Å²) in [5, 5.41) is 7.82. The molecule has 0 bridgehead atoms. The van der Waals surface area contributed by atoms with E-state index in [1.54, 1.807) is 29.2 Å². The van der Waals surface area contributed by atoms with Crippen LogP contribution in [0, 0.1) is 6.92 Å². The summed E-state index contributed by atoms with van der Waals surface area (Å²) in [4.78, 5) is 17.0. The predicted molar refractivity (Wildman–Crippen MR) is 94.9 cm³/mol. The molecule has 0 unspecified atom stereocenters. The molecule has 0 aliphatic rings. The number of nitrogens with one attached hydrogen (secondary N) is 1. The number of pyridine rings is 1. The van der Waals surface area contributed by atoms with Gasteiger partial charge in [-0.2, -0.15) is 5.10 Å². The number of hydrogen-bond acceptors (Lipinski definition) is 3. The van der Waals surface area contributed by atoms with E-state index in [0.29, 0.717) is 28.5 Å². The number of nitrogens with zero attached hydrogens (tertiary/aromatic N) is 3. The number of benzene rings is 1. The highest BCUT2D eigenvalue weighted by Crippen LogP contribution is 2.22. The first-order valence-electron chi connectivity index (χ1n) is 7.66. The lowest BCUT2D eigenvalue weighted by Gasteiger charge is -2.10. The number of aromatic nitrogens is 3. The van der Waals surface area contributed by atoms with E-state index in [1.807, 2.05) is 38.1 Å². The zero-order valence-corrected chi connectivity index (χ0v) is 14.2. The Hall–Kier alpha value is -2.66. The molecule has 1 amide bonds. The smallest absolute Gasteiger partial charge is 0.259 e. The summed E-state index contributed by atoms with van der Waals surface area (Å²) in [6.07, 6.45) is 3.93. The van der Waals surface area contributed by atoms with Crippen molar-refractivity contribution in [2.75, 3.05) is 5.32 Å². The van der Waals surface area contributed by atoms with E-state index < -0.39 is 0 Å². The Labute approximate surface area is 145 Å². The fourth-order valence-corrected chi connectivity index (χ4v) is 2.67. The molecule has 3 rings (SSSR count). The molecule has 0 radical (unpaired) electrons. The molecule has 0 atom stereocenters. The number of anilines is 1. The van der Waals surface area contributed by atoms with Crippen molar-refractivity contribution in [1.29, 1.82) is 0 Å². The third kappa shape index (κ3) is 3.16. The zero-order chi connectivity index (χ0) is 17.1. The molecule has 6 heteroatoms. The average Bonchev–Trinajstić information content (AvgIpc) is 3.03. The highest BCUT2D eigenvalue weighted by atomic mass is 35.5. The number of carbonyl (C=O) groups excluding carboxylic acids is 1. The molecule has 0 fully saturated rings. The van der Waals surface area contributed by atoms with Gasteiger partial charge >= 0.3 is 0 Å². The van der Waals surface area contributed by atoms with Crippen LogP contribution in [-0.4, -0.2) is 20.7 Å². The molecule has 5 nitrogen and oxygen atoms in total. The maximum absolute atomic E-state index is 12.7. The monoisotopic (exact) mass is 340 g/mol. The van der Waals surface area contributed by atoms with Crippen molar-refractivity contribution in [1.82, 2.24) is 14.8 Å². The third-order valence-corrected chi connectivity index (χ3v) is 4.00. The molecule has 0 aliphatic carbocycles. The van der Waals surface area contributed by atoms with Crippen LogP contribution in [0.4, 0.5) is 5.69 Å². The van der Waals surface area contributed by atoms with Gasteiger partial charge in [-0.15, -0.1) is 0 Å². The largest absolute Gasteiger partial charge is 0.322 e. The minimum absolute atomic E-state index is 0.209. The van der Waals surface area contributed by atoms with Crippen molar-refractivity contribution in [3.8, 4) is 5.82 Å². The predicted octanol–water partition coefficient (Wildman–Crippen LogP) is 4.04. The van der Waals surface area contributed by atoms with Crippen LogP contribution in [0.15, 0.2) is 48.8 Å². The van der Waals surface area contributed by atoms with Gasteiger partial charge in [-0.05, 0) is 43.2 Å². The van der Waals surface area contributed by atoms with Crippen LogP contribution >= 0.6 is 11.6 Å². The first kappa shape index (κ1) is 16.2. The van der Waals surface area contributed by atoms with E-state index in [4.69, 9.17) is 11.6 Å². The van der Waals surface area contributed by atoms with Gasteiger partial charge in [-0.3, -0.25) is 4.79 Å². The van der Waals surface area contributed by atoms with Crippen molar-refractivity contribution in [3.05, 3.63) is 70.6 Å². The van der Waals surface area contributed by atoms with E-state index in [0.717, 1.165) is 11.3 Å². The van der Waals surface area contributed by atoms with Gasteiger partial charge in [0.1, 0.15) is 0 Å².